The van der Waals surface area contributed by atoms with Crippen LogP contribution in [-0.4, -0.2) is 76.7 Å². The van der Waals surface area contributed by atoms with Gasteiger partial charge in [-0.25, -0.2) is 4.79 Å². The minimum Gasteiger partial charge on any atom is -0.508 e. The molecule has 0 radical (unpaired) electrons. The Morgan fingerprint density at radius 3 is 1.69 bits per heavy atom. The number of rotatable bonds is 18. The molecule has 0 rings (SSSR count). The normalized spacial score (nSPS) is 13.2. The zero-order valence-corrected chi connectivity index (χ0v) is 17.2. The van der Waals surface area contributed by atoms with Crippen molar-refractivity contribution < 1.29 is 49.2 Å². The Kier molecular flexibility index (Phi) is 13.5. The van der Waals surface area contributed by atoms with E-state index in [9.17, 15) is 33.9 Å². The lowest BCUT2D eigenvalue weighted by molar-refractivity contribution is -0.467. The van der Waals surface area contributed by atoms with E-state index < -0.39 is 66.5 Å². The predicted octanol–water partition coefficient (Wildman–Crippen LogP) is -4.86. The number of nitrogens with zero attached hydrogens (tertiary/aromatic N) is 2. The molecule has 0 heterocycles. The summed E-state index contributed by atoms with van der Waals surface area (Å²) in [6, 6.07) is -4.13. The van der Waals surface area contributed by atoms with E-state index in [-0.39, 0.29) is 38.5 Å². The second-order valence-electron chi connectivity index (χ2n) is 6.83. The molecule has 178 valence electrons. The lowest BCUT2D eigenvalue weighted by Crippen LogP contribution is -2.65. The van der Waals surface area contributed by atoms with E-state index >= 15 is 0 Å². The molecule has 15 nitrogen and oxygen atoms in total. The summed E-state index contributed by atoms with van der Waals surface area (Å²) < 4.78 is 0. The van der Waals surface area contributed by atoms with Crippen LogP contribution in [0.5, 0.6) is 0 Å². The molecule has 0 aliphatic carbocycles. The van der Waals surface area contributed by atoms with Crippen LogP contribution in [0.15, 0.2) is 0 Å². The van der Waals surface area contributed by atoms with Gasteiger partial charge in [-0.3, -0.25) is 24.0 Å². The number of hydrogen-bond donors (Lipinski definition) is 7. The fourth-order valence-corrected chi connectivity index (χ4v) is 2.44. The minimum atomic E-state index is -1.49. The number of ketones is 2. The van der Waals surface area contributed by atoms with E-state index in [4.69, 9.17) is 21.9 Å². The molecule has 2 amide bonds. The molecule has 0 unspecified atom stereocenters. The first-order valence-electron chi connectivity index (χ1n) is 9.60. The summed E-state index contributed by atoms with van der Waals surface area (Å²) in [7, 11) is 0. The highest BCUT2D eigenvalue weighted by molar-refractivity contribution is 5.91. The molecule has 0 aliphatic heterocycles. The molecule has 0 aromatic rings. The van der Waals surface area contributed by atoms with Gasteiger partial charge in [0.2, 0.25) is 11.8 Å². The van der Waals surface area contributed by atoms with Gasteiger partial charge in [0.15, 0.2) is 24.7 Å². The largest absolute Gasteiger partial charge is 0.508 e. The maximum absolute atomic E-state index is 12.6. The van der Waals surface area contributed by atoms with Crippen molar-refractivity contribution in [2.24, 2.45) is 5.73 Å². The summed E-state index contributed by atoms with van der Waals surface area (Å²) in [5.41, 5.74) is 22.3. The fourth-order valence-electron chi connectivity index (χ4n) is 2.44. The maximum Gasteiger partial charge on any atom is 0.326 e. The second kappa shape index (κ2) is 15.2. The molecular weight excluding hydrogens is 430 g/mol. The van der Waals surface area contributed by atoms with Crippen LogP contribution in [0.2, 0.25) is 0 Å². The first-order valence-corrected chi connectivity index (χ1v) is 9.60. The van der Waals surface area contributed by atoms with Gasteiger partial charge in [0.25, 0.3) is 0 Å². The maximum atomic E-state index is 12.6. The van der Waals surface area contributed by atoms with Crippen LogP contribution >= 0.6 is 0 Å². The van der Waals surface area contributed by atoms with Gasteiger partial charge in [-0.1, -0.05) is 0 Å². The molecule has 8 N–H and O–H groups in total. The molecule has 0 aromatic heterocycles. The third kappa shape index (κ3) is 12.2. The second-order valence-corrected chi connectivity index (χ2v) is 6.83. The van der Waals surface area contributed by atoms with Crippen LogP contribution in [0, 0.1) is 0 Å². The predicted molar refractivity (Wildman–Crippen MR) is 103 cm³/mol. The number of carboxylic acids is 2. The van der Waals surface area contributed by atoms with Crippen molar-refractivity contribution in [1.82, 2.24) is 10.6 Å². The summed E-state index contributed by atoms with van der Waals surface area (Å²) in [5.74, 6) is -5.44. The number of Topliss-reactive ketones (excluding diaryl/α,β-unsaturated/α-hetero) is 2. The Balaban J connectivity index is 5.17. The lowest BCUT2D eigenvalue weighted by atomic mass is 10.0. The van der Waals surface area contributed by atoms with Gasteiger partial charge in [-0.05, 0) is 19.3 Å². The summed E-state index contributed by atoms with van der Waals surface area (Å²) in [6.45, 7) is -0.813. The van der Waals surface area contributed by atoms with Gasteiger partial charge in [-0.15, -0.1) is 0 Å². The van der Waals surface area contributed by atoms with Gasteiger partial charge < -0.3 is 47.9 Å². The molecule has 32 heavy (non-hydrogen) atoms. The molecule has 0 aromatic carbocycles. The first-order chi connectivity index (χ1) is 15.0. The molecule has 0 aliphatic rings. The zero-order valence-electron chi connectivity index (χ0n) is 17.2. The number of carbonyl (C=O) groups is 6. The molecule has 0 spiro atoms. The van der Waals surface area contributed by atoms with Gasteiger partial charge in [0.1, 0.15) is 18.1 Å². The van der Waals surface area contributed by atoms with Gasteiger partial charge >= 0.3 is 11.9 Å². The number of hydrogen-bond acceptors (Lipinski definition) is 7. The molecule has 0 saturated heterocycles. The molecule has 0 fully saturated rings. The first kappa shape index (κ1) is 28.4. The number of nitrogens with one attached hydrogen (secondary N) is 4. The third-order valence-electron chi connectivity index (χ3n) is 4.24. The van der Waals surface area contributed by atoms with E-state index in [1.165, 1.54) is 0 Å². The zero-order chi connectivity index (χ0) is 24.7. The van der Waals surface area contributed by atoms with E-state index in [1.807, 2.05) is 0 Å². The van der Waals surface area contributed by atoms with Crippen LogP contribution in [0.4, 0.5) is 0 Å². The average Bonchev–Trinajstić information content (AvgIpc) is 2.72. The Hall–Kier alpha value is -3.62. The lowest BCUT2D eigenvalue weighted by Gasteiger charge is -2.21. The van der Waals surface area contributed by atoms with Crippen LogP contribution in [0.3, 0.4) is 0 Å². The van der Waals surface area contributed by atoms with Crippen molar-refractivity contribution in [3.63, 3.8) is 0 Å². The monoisotopic (exact) mass is 457 g/mol. The van der Waals surface area contributed by atoms with Crippen LogP contribution in [0.25, 0.3) is 11.1 Å². The molecule has 3 atom stereocenters. The standard InChI is InChI=1S/C17H27N7O8/c18-11(16(29)30)3-6-14(27)23-12(4-1-9(25)7-21-19)15(28)24-13(17(31)32)5-2-10(26)8-22-20/h11-13,21-22H,1-8,18H2,(H,23,27)(H,24,28)(H,29,30)(H,31,32)/t11-,12-,13-/m0/s1. The minimum absolute atomic E-state index is 0.221. The van der Waals surface area contributed by atoms with Crippen molar-refractivity contribution in [1.29, 1.82) is 0 Å². The highest BCUT2D eigenvalue weighted by Gasteiger charge is 2.28. The Morgan fingerprint density at radius 1 is 0.750 bits per heavy atom. The summed E-state index contributed by atoms with van der Waals surface area (Å²) >= 11 is 0. The van der Waals surface area contributed by atoms with E-state index in [1.54, 1.807) is 10.2 Å². The highest BCUT2D eigenvalue weighted by Crippen LogP contribution is 2.05. The van der Waals surface area contributed by atoms with Crippen LogP contribution in [-0.2, 0) is 28.8 Å². The van der Waals surface area contributed by atoms with Gasteiger partial charge in [-0.2, -0.15) is 0 Å². The Morgan fingerprint density at radius 2 is 1.25 bits per heavy atom. The number of nitrogens with two attached hydrogens (primary N) is 1. The molecule has 0 saturated carbocycles. The van der Waals surface area contributed by atoms with E-state index in [0.717, 1.165) is 0 Å². The van der Waals surface area contributed by atoms with Crippen molar-refractivity contribution in [2.75, 3.05) is 13.1 Å². The molecule has 15 heteroatoms. The summed E-state index contributed by atoms with van der Waals surface area (Å²) in [4.78, 5) is 69.8. The van der Waals surface area contributed by atoms with Crippen molar-refractivity contribution >= 4 is 35.3 Å². The number of carboxylic acid groups (broad SMARTS) is 2. The topological polar surface area (TPSA) is 266 Å². The number of carbonyl (C=O) groups excluding carboxylic acids is 4. The van der Waals surface area contributed by atoms with Gasteiger partial charge in [0.05, 0.1) is 0 Å². The third-order valence-corrected chi connectivity index (χ3v) is 4.24. The van der Waals surface area contributed by atoms with Crippen molar-refractivity contribution in [3.8, 4) is 0 Å². The quantitative estimate of drug-likeness (QED) is 0.0971. The van der Waals surface area contributed by atoms with Crippen LogP contribution in [0.1, 0.15) is 38.5 Å². The fraction of sp³-hybridized carbons (Fsp3) is 0.647. The summed E-state index contributed by atoms with van der Waals surface area (Å²) in [6.07, 6.45) is -1.60. The van der Waals surface area contributed by atoms with Crippen molar-refractivity contribution in [3.05, 3.63) is 11.1 Å². The number of aliphatic carboxylic acids is 2. The van der Waals surface area contributed by atoms with E-state index in [2.05, 4.69) is 10.6 Å². The average molecular weight is 457 g/mol. The SMILES string of the molecule is [N-]=[NH+]CC(=O)CC[C@H](NC(=O)[C@H](CCC(=O)C[NH+]=[N-])NC(=O)CC[C@H](N)C(=O)O)C(=O)O. The van der Waals surface area contributed by atoms with E-state index in [0.29, 0.717) is 0 Å². The number of amides is 2. The summed E-state index contributed by atoms with van der Waals surface area (Å²) in [5, 5.41) is 25.8. The smallest absolute Gasteiger partial charge is 0.326 e. The Labute approximate surface area is 182 Å². The van der Waals surface area contributed by atoms with Crippen LogP contribution < -0.4 is 26.6 Å². The Bertz CT molecular complexity index is 742. The molecule has 0 bridgehead atoms. The van der Waals surface area contributed by atoms with Gasteiger partial charge in [0, 0.05) is 19.3 Å². The highest BCUT2D eigenvalue weighted by atomic mass is 16.4. The molecular formula is C17H27N7O8. The van der Waals surface area contributed by atoms with Crippen molar-refractivity contribution in [2.45, 2.75) is 56.7 Å².